The van der Waals surface area contributed by atoms with Crippen LogP contribution in [0.3, 0.4) is 0 Å². The van der Waals surface area contributed by atoms with Gasteiger partial charge in [-0.25, -0.2) is 0 Å². The molecule has 1 aliphatic heterocycles. The molecule has 1 N–H and O–H groups in total. The summed E-state index contributed by atoms with van der Waals surface area (Å²) in [7, 11) is 0. The molecule has 194 valence electrons. The molecular formula is C30H35N3O4. The summed E-state index contributed by atoms with van der Waals surface area (Å²) in [6, 6.07) is 16.7. The Hall–Kier alpha value is -3.74. The molecule has 1 aliphatic carbocycles. The van der Waals surface area contributed by atoms with Crippen LogP contribution in [0.15, 0.2) is 66.7 Å². The van der Waals surface area contributed by atoms with Crippen molar-refractivity contribution in [1.29, 1.82) is 0 Å². The zero-order chi connectivity index (χ0) is 26.4. The van der Waals surface area contributed by atoms with Gasteiger partial charge in [-0.05, 0) is 43.4 Å². The third-order valence-electron chi connectivity index (χ3n) is 7.37. The van der Waals surface area contributed by atoms with Crippen LogP contribution in [-0.2, 0) is 32.1 Å². The summed E-state index contributed by atoms with van der Waals surface area (Å²) in [6.07, 6.45) is 5.37. The maximum absolute atomic E-state index is 13.8. The summed E-state index contributed by atoms with van der Waals surface area (Å²) >= 11 is 0. The number of nitrogens with one attached hydrogen (secondary N) is 1. The quantitative estimate of drug-likeness (QED) is 0.399. The minimum Gasteiger partial charge on any atom is -0.355 e. The van der Waals surface area contributed by atoms with Gasteiger partial charge >= 0.3 is 0 Å². The van der Waals surface area contributed by atoms with E-state index in [4.69, 9.17) is 0 Å². The molecule has 2 aliphatic rings. The zero-order valence-electron chi connectivity index (χ0n) is 21.6. The van der Waals surface area contributed by atoms with Crippen LogP contribution in [0.1, 0.15) is 42.9 Å². The second kappa shape index (κ2) is 12.0. The molecule has 0 spiro atoms. The Labute approximate surface area is 218 Å². The van der Waals surface area contributed by atoms with E-state index in [0.717, 1.165) is 16.7 Å². The number of benzene rings is 2. The van der Waals surface area contributed by atoms with Gasteiger partial charge in [0.2, 0.25) is 23.6 Å². The van der Waals surface area contributed by atoms with Crippen molar-refractivity contribution in [3.05, 3.63) is 83.4 Å². The van der Waals surface area contributed by atoms with E-state index in [2.05, 4.69) is 5.32 Å². The SMILES string of the molecule is CCNC(=O)[C@@H](Cc1ccccc1)N(Cc1ccccc1C)C(=O)CCN1C(=O)[C@H]2CC=CC[C@H]2C1=O. The first-order valence-corrected chi connectivity index (χ1v) is 13.1. The lowest BCUT2D eigenvalue weighted by Gasteiger charge is -2.32. The number of fused-ring (bicyclic) bond motifs is 1. The molecule has 1 fully saturated rings. The average Bonchev–Trinajstić information content (AvgIpc) is 3.15. The highest BCUT2D eigenvalue weighted by Gasteiger charge is 2.47. The fourth-order valence-electron chi connectivity index (χ4n) is 5.26. The lowest BCUT2D eigenvalue weighted by molar-refractivity contribution is -0.144. The zero-order valence-corrected chi connectivity index (χ0v) is 21.6. The normalized spacial score (nSPS) is 19.5. The minimum absolute atomic E-state index is 0.0269. The number of allylic oxidation sites excluding steroid dienone is 2. The summed E-state index contributed by atoms with van der Waals surface area (Å²) < 4.78 is 0. The van der Waals surface area contributed by atoms with Gasteiger partial charge in [0, 0.05) is 32.5 Å². The van der Waals surface area contributed by atoms with Gasteiger partial charge in [0.05, 0.1) is 11.8 Å². The van der Waals surface area contributed by atoms with Crippen molar-refractivity contribution < 1.29 is 19.2 Å². The minimum atomic E-state index is -0.730. The van der Waals surface area contributed by atoms with Crippen molar-refractivity contribution in [2.24, 2.45) is 11.8 Å². The van der Waals surface area contributed by atoms with Crippen LogP contribution in [0.4, 0.5) is 0 Å². The lowest BCUT2D eigenvalue weighted by atomic mass is 9.85. The summed E-state index contributed by atoms with van der Waals surface area (Å²) in [6.45, 7) is 4.57. The van der Waals surface area contributed by atoms with Crippen LogP contribution in [0.5, 0.6) is 0 Å². The van der Waals surface area contributed by atoms with Gasteiger partial charge in [-0.3, -0.25) is 24.1 Å². The van der Waals surface area contributed by atoms with E-state index >= 15 is 0 Å². The van der Waals surface area contributed by atoms with Gasteiger partial charge in [0.1, 0.15) is 6.04 Å². The molecule has 4 amide bonds. The number of carbonyl (C=O) groups excluding carboxylic acids is 4. The van der Waals surface area contributed by atoms with E-state index in [0.29, 0.717) is 25.8 Å². The standard InChI is InChI=1S/C30H35N3O4/c1-3-31-28(35)26(19-22-12-5-4-6-13-22)33(20-23-14-8-7-11-21(23)2)27(34)17-18-32-29(36)24-15-9-10-16-25(24)30(32)37/h4-14,24-26H,3,15-20H2,1-2H3,(H,31,35)/t24-,25+,26-/m1/s1. The van der Waals surface area contributed by atoms with Gasteiger partial charge in [-0.15, -0.1) is 0 Å². The number of hydrogen-bond donors (Lipinski definition) is 1. The lowest BCUT2D eigenvalue weighted by Crippen LogP contribution is -2.51. The molecule has 4 rings (SSSR count). The van der Waals surface area contributed by atoms with E-state index in [9.17, 15) is 19.2 Å². The molecule has 0 radical (unpaired) electrons. The first-order valence-electron chi connectivity index (χ1n) is 13.1. The third kappa shape index (κ3) is 5.98. The van der Waals surface area contributed by atoms with Gasteiger partial charge < -0.3 is 10.2 Å². The van der Waals surface area contributed by atoms with Crippen LogP contribution in [0.25, 0.3) is 0 Å². The van der Waals surface area contributed by atoms with E-state index in [1.165, 1.54) is 4.90 Å². The van der Waals surface area contributed by atoms with Crippen molar-refractivity contribution in [3.8, 4) is 0 Å². The van der Waals surface area contributed by atoms with Crippen molar-refractivity contribution in [2.75, 3.05) is 13.1 Å². The number of likely N-dealkylation sites (tertiary alicyclic amines) is 1. The van der Waals surface area contributed by atoms with Crippen LogP contribution in [-0.4, -0.2) is 52.6 Å². The highest BCUT2D eigenvalue weighted by molar-refractivity contribution is 6.05. The maximum Gasteiger partial charge on any atom is 0.243 e. The second-order valence-electron chi connectivity index (χ2n) is 9.78. The van der Waals surface area contributed by atoms with Crippen molar-refractivity contribution in [2.45, 2.75) is 52.1 Å². The maximum atomic E-state index is 13.8. The molecule has 1 saturated heterocycles. The molecule has 0 bridgehead atoms. The van der Waals surface area contributed by atoms with Crippen molar-refractivity contribution >= 4 is 23.6 Å². The molecule has 2 aromatic rings. The number of rotatable bonds is 10. The van der Waals surface area contributed by atoms with E-state index in [1.807, 2.05) is 80.6 Å². The van der Waals surface area contributed by atoms with Crippen LogP contribution in [0.2, 0.25) is 0 Å². The van der Waals surface area contributed by atoms with E-state index in [1.54, 1.807) is 4.90 Å². The monoisotopic (exact) mass is 501 g/mol. The Bertz CT molecular complexity index is 1150. The second-order valence-corrected chi connectivity index (χ2v) is 9.78. The molecule has 0 aromatic heterocycles. The highest BCUT2D eigenvalue weighted by atomic mass is 16.2. The molecular weight excluding hydrogens is 466 g/mol. The Morgan fingerprint density at radius 1 is 0.973 bits per heavy atom. The number of aryl methyl sites for hydroxylation is 1. The summed E-state index contributed by atoms with van der Waals surface area (Å²) in [4.78, 5) is 55.7. The number of likely N-dealkylation sites (N-methyl/N-ethyl adjacent to an activating group) is 1. The average molecular weight is 502 g/mol. The molecule has 2 aromatic carbocycles. The molecule has 3 atom stereocenters. The van der Waals surface area contributed by atoms with Crippen LogP contribution < -0.4 is 5.32 Å². The van der Waals surface area contributed by atoms with Crippen molar-refractivity contribution in [1.82, 2.24) is 15.1 Å². The Balaban J connectivity index is 1.58. The fourth-order valence-corrected chi connectivity index (χ4v) is 5.26. The van der Waals surface area contributed by atoms with Gasteiger partial charge in [-0.2, -0.15) is 0 Å². The largest absolute Gasteiger partial charge is 0.355 e. The van der Waals surface area contributed by atoms with Crippen LogP contribution in [0, 0.1) is 18.8 Å². The van der Waals surface area contributed by atoms with Gasteiger partial charge in [-0.1, -0.05) is 66.7 Å². The fraction of sp³-hybridized carbons (Fsp3) is 0.400. The Morgan fingerprint density at radius 2 is 1.59 bits per heavy atom. The Morgan fingerprint density at radius 3 is 2.22 bits per heavy atom. The summed E-state index contributed by atoms with van der Waals surface area (Å²) in [5, 5.41) is 2.89. The molecule has 7 heteroatoms. The first kappa shape index (κ1) is 26.3. The predicted octanol–water partition coefficient (Wildman–Crippen LogP) is 3.41. The molecule has 7 nitrogen and oxygen atoms in total. The molecule has 0 unspecified atom stereocenters. The first-order chi connectivity index (χ1) is 17.9. The van der Waals surface area contributed by atoms with E-state index in [-0.39, 0.29) is 55.0 Å². The number of nitrogens with zero attached hydrogens (tertiary/aromatic N) is 2. The van der Waals surface area contributed by atoms with Gasteiger partial charge in [0.15, 0.2) is 0 Å². The number of imide groups is 1. The van der Waals surface area contributed by atoms with Crippen LogP contribution >= 0.6 is 0 Å². The number of carbonyl (C=O) groups is 4. The summed E-state index contributed by atoms with van der Waals surface area (Å²) in [5.74, 6) is -1.51. The predicted molar refractivity (Wildman–Crippen MR) is 141 cm³/mol. The topological polar surface area (TPSA) is 86.8 Å². The third-order valence-corrected chi connectivity index (χ3v) is 7.37. The highest BCUT2D eigenvalue weighted by Crippen LogP contribution is 2.35. The smallest absolute Gasteiger partial charge is 0.243 e. The summed E-state index contributed by atoms with van der Waals surface area (Å²) in [5.41, 5.74) is 2.92. The van der Waals surface area contributed by atoms with E-state index < -0.39 is 6.04 Å². The van der Waals surface area contributed by atoms with Gasteiger partial charge in [0.25, 0.3) is 0 Å². The Kier molecular flexibility index (Phi) is 8.54. The van der Waals surface area contributed by atoms with Crippen molar-refractivity contribution in [3.63, 3.8) is 0 Å². The molecule has 37 heavy (non-hydrogen) atoms. The number of hydrogen-bond acceptors (Lipinski definition) is 4. The number of amides is 4. The molecule has 0 saturated carbocycles. The molecule has 1 heterocycles.